The second-order valence-corrected chi connectivity index (χ2v) is 4.87. The van der Waals surface area contributed by atoms with Crippen LogP contribution in [0.1, 0.15) is 26.3 Å². The lowest BCUT2D eigenvalue weighted by Crippen LogP contribution is -2.22. The number of benzene rings is 1. The van der Waals surface area contributed by atoms with E-state index in [2.05, 4.69) is 0 Å². The lowest BCUT2D eigenvalue weighted by molar-refractivity contribution is -0.148. The highest BCUT2D eigenvalue weighted by molar-refractivity contribution is 5.87. The van der Waals surface area contributed by atoms with E-state index in [9.17, 15) is 4.79 Å². The molecule has 0 aromatic heterocycles. The molecule has 0 heterocycles. The monoisotopic (exact) mass is 249 g/mol. The van der Waals surface area contributed by atoms with E-state index >= 15 is 0 Å². The number of anilines is 1. The fraction of sp³-hybridized carbons (Fsp3) is 0.357. The first kappa shape index (κ1) is 14.1. The van der Waals surface area contributed by atoms with Crippen LogP contribution in [-0.2, 0) is 9.53 Å². The molecule has 0 unspecified atom stereocenters. The zero-order valence-electron chi connectivity index (χ0n) is 11.2. The van der Waals surface area contributed by atoms with Gasteiger partial charge in [0.15, 0.2) is 0 Å². The Hall–Kier alpha value is -1.97. The Morgan fingerprint density at radius 3 is 2.50 bits per heavy atom. The maximum absolute atomic E-state index is 11.5. The second kappa shape index (κ2) is 5.58. The molecule has 18 heavy (non-hydrogen) atoms. The molecule has 0 aliphatic carbocycles. The third kappa shape index (κ3) is 4.49. The third-order valence-corrected chi connectivity index (χ3v) is 2.07. The Balaban J connectivity index is 2.73. The Bertz CT molecular complexity index is 459. The molecule has 0 saturated carbocycles. The summed E-state index contributed by atoms with van der Waals surface area (Å²) in [6, 6.07) is 5.31. The molecule has 0 aliphatic rings. The quantitative estimate of drug-likeness (QED) is 0.508. The van der Waals surface area contributed by atoms with Crippen LogP contribution in [0.5, 0.6) is 5.75 Å². The summed E-state index contributed by atoms with van der Waals surface area (Å²) in [6.07, 6.45) is 3.04. The number of hydrogen-bond donors (Lipinski definition) is 1. The lowest BCUT2D eigenvalue weighted by Gasteiger charge is -2.17. The summed E-state index contributed by atoms with van der Waals surface area (Å²) in [5.41, 5.74) is 6.63. The number of nitrogens with two attached hydrogens (primary N) is 1. The van der Waals surface area contributed by atoms with Gasteiger partial charge in [0.1, 0.15) is 11.4 Å². The van der Waals surface area contributed by atoms with Crippen molar-refractivity contribution < 1.29 is 14.3 Å². The Kier molecular flexibility index (Phi) is 4.37. The van der Waals surface area contributed by atoms with Crippen molar-refractivity contribution >= 4 is 17.7 Å². The molecule has 4 heteroatoms. The van der Waals surface area contributed by atoms with Crippen molar-refractivity contribution in [3.05, 3.63) is 29.8 Å². The zero-order valence-corrected chi connectivity index (χ0v) is 11.2. The van der Waals surface area contributed by atoms with Crippen LogP contribution in [0.2, 0.25) is 0 Å². The van der Waals surface area contributed by atoms with Crippen LogP contribution in [0.15, 0.2) is 24.3 Å². The van der Waals surface area contributed by atoms with Crippen LogP contribution in [-0.4, -0.2) is 18.7 Å². The van der Waals surface area contributed by atoms with Gasteiger partial charge in [0.25, 0.3) is 0 Å². The minimum atomic E-state index is -0.486. The van der Waals surface area contributed by atoms with Gasteiger partial charge in [-0.3, -0.25) is 0 Å². The van der Waals surface area contributed by atoms with Crippen LogP contribution >= 0.6 is 0 Å². The highest BCUT2D eigenvalue weighted by Gasteiger charge is 2.13. The third-order valence-electron chi connectivity index (χ3n) is 2.07. The minimum absolute atomic E-state index is 0.378. The molecule has 1 rings (SSSR count). The van der Waals surface area contributed by atoms with E-state index in [-0.39, 0.29) is 5.97 Å². The number of rotatable bonds is 3. The molecule has 1 aromatic carbocycles. The van der Waals surface area contributed by atoms with Crippen LogP contribution in [0, 0.1) is 0 Å². The first-order valence-electron chi connectivity index (χ1n) is 5.66. The minimum Gasteiger partial charge on any atom is -0.495 e. The van der Waals surface area contributed by atoms with E-state index in [1.807, 2.05) is 26.8 Å². The first-order valence-corrected chi connectivity index (χ1v) is 5.66. The fourth-order valence-corrected chi connectivity index (χ4v) is 1.36. The van der Waals surface area contributed by atoms with Gasteiger partial charge in [-0.25, -0.2) is 4.79 Å². The van der Waals surface area contributed by atoms with Gasteiger partial charge in [-0.1, -0.05) is 6.07 Å². The molecule has 0 fully saturated rings. The molecule has 0 amide bonds. The van der Waals surface area contributed by atoms with Gasteiger partial charge in [-0.05, 0) is 44.5 Å². The summed E-state index contributed by atoms with van der Waals surface area (Å²) >= 11 is 0. The zero-order chi connectivity index (χ0) is 13.8. The summed E-state index contributed by atoms with van der Waals surface area (Å²) in [4.78, 5) is 11.5. The number of esters is 1. The largest absolute Gasteiger partial charge is 0.495 e. The maximum Gasteiger partial charge on any atom is 0.331 e. The average Bonchev–Trinajstić information content (AvgIpc) is 2.24. The van der Waals surface area contributed by atoms with Gasteiger partial charge in [0.05, 0.1) is 12.8 Å². The summed E-state index contributed by atoms with van der Waals surface area (Å²) < 4.78 is 10.2. The van der Waals surface area contributed by atoms with Crippen molar-refractivity contribution in [3.8, 4) is 5.75 Å². The van der Waals surface area contributed by atoms with Crippen LogP contribution in [0.25, 0.3) is 6.08 Å². The number of ether oxygens (including phenoxy) is 2. The van der Waals surface area contributed by atoms with E-state index in [1.165, 1.54) is 6.08 Å². The van der Waals surface area contributed by atoms with Gasteiger partial charge < -0.3 is 15.2 Å². The summed E-state index contributed by atoms with van der Waals surface area (Å²) in [6.45, 7) is 5.47. The molecular formula is C14H19NO3. The highest BCUT2D eigenvalue weighted by Crippen LogP contribution is 2.22. The van der Waals surface area contributed by atoms with E-state index < -0.39 is 5.60 Å². The van der Waals surface area contributed by atoms with Crippen molar-refractivity contribution in [1.82, 2.24) is 0 Å². The molecule has 0 spiro atoms. The molecule has 0 radical (unpaired) electrons. The molecule has 0 bridgehead atoms. The van der Waals surface area contributed by atoms with Crippen LogP contribution in [0.3, 0.4) is 0 Å². The van der Waals surface area contributed by atoms with Gasteiger partial charge in [-0.15, -0.1) is 0 Å². The van der Waals surface area contributed by atoms with Crippen LogP contribution in [0.4, 0.5) is 5.69 Å². The smallest absolute Gasteiger partial charge is 0.331 e. The van der Waals surface area contributed by atoms with Gasteiger partial charge in [0.2, 0.25) is 0 Å². The van der Waals surface area contributed by atoms with Gasteiger partial charge in [-0.2, -0.15) is 0 Å². The predicted octanol–water partition coefficient (Wildman–Crippen LogP) is 2.63. The summed E-state index contributed by atoms with van der Waals surface area (Å²) in [7, 11) is 1.56. The Morgan fingerprint density at radius 1 is 1.33 bits per heavy atom. The lowest BCUT2D eigenvalue weighted by atomic mass is 10.1. The number of nitrogen functional groups attached to an aromatic ring is 1. The number of hydrogen-bond acceptors (Lipinski definition) is 4. The molecule has 4 nitrogen and oxygen atoms in total. The molecule has 0 atom stereocenters. The van der Waals surface area contributed by atoms with E-state index in [4.69, 9.17) is 15.2 Å². The fourth-order valence-electron chi connectivity index (χ4n) is 1.36. The van der Waals surface area contributed by atoms with E-state index in [0.717, 1.165) is 5.56 Å². The standard InChI is InChI=1S/C14H19NO3/c1-14(2,3)18-13(16)8-6-10-5-7-12(17-4)11(15)9-10/h5-9H,15H2,1-4H3/b8-6+. The number of methoxy groups -OCH3 is 1. The summed E-state index contributed by atoms with van der Waals surface area (Å²) in [5, 5.41) is 0. The maximum atomic E-state index is 11.5. The topological polar surface area (TPSA) is 61.5 Å². The van der Waals surface area contributed by atoms with Crippen molar-refractivity contribution in [3.63, 3.8) is 0 Å². The molecular weight excluding hydrogens is 230 g/mol. The first-order chi connectivity index (χ1) is 8.31. The predicted molar refractivity (Wildman–Crippen MR) is 72.3 cm³/mol. The van der Waals surface area contributed by atoms with Crippen LogP contribution < -0.4 is 10.5 Å². The van der Waals surface area contributed by atoms with Gasteiger partial charge >= 0.3 is 5.97 Å². The molecule has 1 aromatic rings. The number of carbonyl (C=O) groups is 1. The van der Waals surface area contributed by atoms with Gasteiger partial charge in [0, 0.05) is 6.08 Å². The van der Waals surface area contributed by atoms with Crippen molar-refractivity contribution in [2.24, 2.45) is 0 Å². The van der Waals surface area contributed by atoms with Crippen molar-refractivity contribution in [2.45, 2.75) is 26.4 Å². The Labute approximate surface area is 107 Å². The molecule has 0 aliphatic heterocycles. The van der Waals surface area contributed by atoms with E-state index in [0.29, 0.717) is 11.4 Å². The van der Waals surface area contributed by atoms with Crippen molar-refractivity contribution in [2.75, 3.05) is 12.8 Å². The highest BCUT2D eigenvalue weighted by atomic mass is 16.6. The Morgan fingerprint density at radius 2 is 2.00 bits per heavy atom. The van der Waals surface area contributed by atoms with Crippen molar-refractivity contribution in [1.29, 1.82) is 0 Å². The second-order valence-electron chi connectivity index (χ2n) is 4.87. The average molecular weight is 249 g/mol. The summed E-state index contributed by atoms with van der Waals surface area (Å²) in [5.74, 6) is 0.237. The number of carbonyl (C=O) groups excluding carboxylic acids is 1. The molecule has 0 saturated heterocycles. The normalized spacial score (nSPS) is 11.6. The molecule has 98 valence electrons. The van der Waals surface area contributed by atoms with E-state index in [1.54, 1.807) is 25.3 Å². The molecule has 2 N–H and O–H groups in total. The SMILES string of the molecule is COc1ccc(/C=C/C(=O)OC(C)(C)C)cc1N.